The Bertz CT molecular complexity index is 877. The van der Waals surface area contributed by atoms with Crippen LogP contribution in [0.2, 0.25) is 0 Å². The van der Waals surface area contributed by atoms with Gasteiger partial charge in [0, 0.05) is 11.1 Å². The van der Waals surface area contributed by atoms with Crippen LogP contribution in [0.4, 0.5) is 5.95 Å². The molecule has 0 fully saturated rings. The van der Waals surface area contributed by atoms with E-state index in [1.807, 2.05) is 31.2 Å². The topological polar surface area (TPSA) is 107 Å². The van der Waals surface area contributed by atoms with Crippen LogP contribution in [-0.4, -0.2) is 33.2 Å². The minimum absolute atomic E-state index is 0.253. The van der Waals surface area contributed by atoms with Gasteiger partial charge in [-0.2, -0.15) is 4.98 Å². The van der Waals surface area contributed by atoms with E-state index in [1.54, 1.807) is 0 Å². The lowest BCUT2D eigenvalue weighted by Crippen LogP contribution is -2.10. The fraction of sp³-hybridized carbons (Fsp3) is 0.200. The molecule has 3 rings (SSSR count). The van der Waals surface area contributed by atoms with Gasteiger partial charge in [-0.1, -0.05) is 30.0 Å². The number of nitrogens with two attached hydrogens (primary N) is 1. The number of aryl methyl sites for hydroxylation is 1. The molecule has 0 saturated heterocycles. The Morgan fingerprint density at radius 1 is 1.35 bits per heavy atom. The largest absolute Gasteiger partial charge is 0.465 e. The maximum atomic E-state index is 12.2. The second-order valence-electron chi connectivity index (χ2n) is 4.86. The van der Waals surface area contributed by atoms with E-state index >= 15 is 0 Å². The molecule has 0 amide bonds. The molecule has 0 saturated carbocycles. The number of thioether (sulfide) groups is 1. The van der Waals surface area contributed by atoms with Crippen LogP contribution in [0.25, 0.3) is 10.9 Å². The molecular weight excluding hydrogens is 314 g/mol. The van der Waals surface area contributed by atoms with Gasteiger partial charge in [0.25, 0.3) is 0 Å². The first-order valence-electron chi connectivity index (χ1n) is 6.87. The molecule has 7 nitrogen and oxygen atoms in total. The molecule has 2 heterocycles. The Kier molecular flexibility index (Phi) is 4.16. The number of para-hydroxylation sites is 1. The number of carbonyl (C=O) groups is 1. The molecule has 118 valence electrons. The number of aromatic nitrogens is 4. The fourth-order valence-corrected chi connectivity index (χ4v) is 3.12. The number of aromatic amines is 1. The quantitative estimate of drug-likeness (QED) is 0.558. The summed E-state index contributed by atoms with van der Waals surface area (Å²) in [5.41, 5.74) is 8.33. The van der Waals surface area contributed by atoms with Gasteiger partial charge in [0.2, 0.25) is 11.1 Å². The van der Waals surface area contributed by atoms with Crippen LogP contribution in [-0.2, 0) is 10.5 Å². The predicted octanol–water partition coefficient (Wildman–Crippen LogP) is 2.32. The second kappa shape index (κ2) is 6.25. The van der Waals surface area contributed by atoms with Gasteiger partial charge in [-0.15, -0.1) is 5.10 Å². The molecule has 0 bridgehead atoms. The number of nitrogen functional groups attached to an aromatic ring is 1. The Labute approximate surface area is 136 Å². The number of hydrogen-bond donors (Lipinski definition) is 2. The van der Waals surface area contributed by atoms with Crippen LogP contribution in [0.3, 0.4) is 0 Å². The highest BCUT2D eigenvalue weighted by atomic mass is 32.2. The highest BCUT2D eigenvalue weighted by Crippen LogP contribution is 2.27. The molecule has 0 atom stereocenters. The summed E-state index contributed by atoms with van der Waals surface area (Å²) < 4.78 is 4.92. The Balaban J connectivity index is 2.04. The summed E-state index contributed by atoms with van der Waals surface area (Å²) in [7, 11) is 1.36. The van der Waals surface area contributed by atoms with Crippen molar-refractivity contribution in [3.8, 4) is 0 Å². The van der Waals surface area contributed by atoms with E-state index in [9.17, 15) is 4.79 Å². The van der Waals surface area contributed by atoms with Crippen molar-refractivity contribution < 1.29 is 9.53 Å². The number of ether oxygens (including phenoxy) is 1. The van der Waals surface area contributed by atoms with E-state index in [-0.39, 0.29) is 5.95 Å². The van der Waals surface area contributed by atoms with E-state index in [0.717, 1.165) is 16.5 Å². The average molecular weight is 329 g/mol. The van der Waals surface area contributed by atoms with Gasteiger partial charge in [0.05, 0.1) is 23.9 Å². The molecule has 3 aromatic rings. The first kappa shape index (κ1) is 15.3. The number of rotatable bonds is 4. The number of benzene rings is 1. The second-order valence-corrected chi connectivity index (χ2v) is 5.80. The van der Waals surface area contributed by atoms with E-state index in [4.69, 9.17) is 10.5 Å². The number of nitrogens with one attached hydrogen (secondary N) is 1. The zero-order valence-corrected chi connectivity index (χ0v) is 13.5. The molecule has 23 heavy (non-hydrogen) atoms. The summed E-state index contributed by atoms with van der Waals surface area (Å²) in [6, 6.07) is 7.70. The summed E-state index contributed by atoms with van der Waals surface area (Å²) in [5, 5.41) is 7.99. The number of nitrogens with zero attached hydrogens (tertiary/aromatic N) is 3. The van der Waals surface area contributed by atoms with Gasteiger partial charge in [-0.3, -0.25) is 4.98 Å². The van der Waals surface area contributed by atoms with E-state index in [1.165, 1.54) is 18.9 Å². The smallest absolute Gasteiger partial charge is 0.340 e. The fourth-order valence-electron chi connectivity index (χ4n) is 2.37. The number of esters is 1. The standard InChI is InChI=1S/C15H15N5O2S/c1-8-9-5-3-4-6-10(9)17-11(12(8)13(21)22-2)7-23-15-18-14(16)19-20-15/h3-6H,7H2,1-2H3,(H3,16,18,19,20). The molecular formula is C15H15N5O2S. The molecule has 0 aliphatic heterocycles. The third-order valence-electron chi connectivity index (χ3n) is 3.44. The van der Waals surface area contributed by atoms with Crippen molar-refractivity contribution in [2.75, 3.05) is 12.8 Å². The lowest BCUT2D eigenvalue weighted by Gasteiger charge is -2.12. The summed E-state index contributed by atoms with van der Waals surface area (Å²) in [4.78, 5) is 20.8. The van der Waals surface area contributed by atoms with Crippen LogP contribution in [0, 0.1) is 6.92 Å². The summed E-state index contributed by atoms with van der Waals surface area (Å²) >= 11 is 1.35. The van der Waals surface area contributed by atoms with Gasteiger partial charge >= 0.3 is 5.97 Å². The number of carbonyl (C=O) groups excluding carboxylic acids is 1. The third kappa shape index (κ3) is 2.98. The van der Waals surface area contributed by atoms with Gasteiger partial charge in [-0.05, 0) is 18.6 Å². The number of methoxy groups -OCH3 is 1. The number of fused-ring (bicyclic) bond motifs is 1. The van der Waals surface area contributed by atoms with Crippen molar-refractivity contribution >= 4 is 34.6 Å². The van der Waals surface area contributed by atoms with Crippen molar-refractivity contribution in [2.45, 2.75) is 17.8 Å². The third-order valence-corrected chi connectivity index (χ3v) is 4.30. The molecule has 8 heteroatoms. The molecule has 0 unspecified atom stereocenters. The van der Waals surface area contributed by atoms with Crippen molar-refractivity contribution in [3.63, 3.8) is 0 Å². The van der Waals surface area contributed by atoms with Crippen LogP contribution in [0.1, 0.15) is 21.6 Å². The van der Waals surface area contributed by atoms with E-state index in [2.05, 4.69) is 20.2 Å². The Morgan fingerprint density at radius 3 is 2.83 bits per heavy atom. The zero-order valence-electron chi connectivity index (χ0n) is 12.7. The molecule has 2 aromatic heterocycles. The van der Waals surface area contributed by atoms with Crippen molar-refractivity contribution in [1.82, 2.24) is 20.2 Å². The molecule has 3 N–H and O–H groups in total. The van der Waals surface area contributed by atoms with Crippen LogP contribution < -0.4 is 5.73 Å². The van der Waals surface area contributed by atoms with E-state index in [0.29, 0.717) is 22.2 Å². The highest BCUT2D eigenvalue weighted by Gasteiger charge is 2.19. The summed E-state index contributed by atoms with van der Waals surface area (Å²) in [5.74, 6) is 0.294. The molecule has 1 aromatic carbocycles. The maximum absolute atomic E-state index is 12.2. The number of hydrogen-bond acceptors (Lipinski definition) is 7. The van der Waals surface area contributed by atoms with Crippen LogP contribution in [0.5, 0.6) is 0 Å². The number of H-pyrrole nitrogens is 1. The van der Waals surface area contributed by atoms with Crippen molar-refractivity contribution in [2.24, 2.45) is 0 Å². The van der Waals surface area contributed by atoms with E-state index < -0.39 is 5.97 Å². The SMILES string of the molecule is COC(=O)c1c(CSc2n[nH]c(N)n2)nc2ccccc2c1C. The predicted molar refractivity (Wildman–Crippen MR) is 88.2 cm³/mol. The maximum Gasteiger partial charge on any atom is 0.340 e. The van der Waals surface area contributed by atoms with Gasteiger partial charge in [-0.25, -0.2) is 9.89 Å². The van der Waals surface area contributed by atoms with Crippen molar-refractivity contribution in [3.05, 3.63) is 41.1 Å². The molecule has 0 radical (unpaired) electrons. The van der Waals surface area contributed by atoms with Gasteiger partial charge in [0.1, 0.15) is 0 Å². The lowest BCUT2D eigenvalue weighted by molar-refractivity contribution is 0.0598. The molecule has 0 aliphatic carbocycles. The zero-order chi connectivity index (χ0) is 16.4. The lowest BCUT2D eigenvalue weighted by atomic mass is 10.0. The highest BCUT2D eigenvalue weighted by molar-refractivity contribution is 7.98. The number of pyridine rings is 1. The normalized spacial score (nSPS) is 10.9. The minimum Gasteiger partial charge on any atom is -0.465 e. The van der Waals surface area contributed by atoms with Gasteiger partial charge < -0.3 is 10.5 Å². The Morgan fingerprint density at radius 2 is 2.13 bits per heavy atom. The average Bonchev–Trinajstić information content (AvgIpc) is 2.98. The van der Waals surface area contributed by atoms with Crippen LogP contribution in [0.15, 0.2) is 29.4 Å². The molecule has 0 aliphatic rings. The first-order valence-corrected chi connectivity index (χ1v) is 7.86. The number of anilines is 1. The van der Waals surface area contributed by atoms with Crippen molar-refractivity contribution in [1.29, 1.82) is 0 Å². The monoisotopic (exact) mass is 329 g/mol. The Hall–Kier alpha value is -2.61. The summed E-state index contributed by atoms with van der Waals surface area (Å²) in [6.45, 7) is 1.90. The van der Waals surface area contributed by atoms with Crippen LogP contribution >= 0.6 is 11.8 Å². The minimum atomic E-state index is -0.397. The summed E-state index contributed by atoms with van der Waals surface area (Å²) in [6.07, 6.45) is 0. The molecule has 0 spiro atoms. The van der Waals surface area contributed by atoms with Gasteiger partial charge in [0.15, 0.2) is 0 Å². The first-order chi connectivity index (χ1) is 11.1.